The molecule has 0 bridgehead atoms. The molecule has 0 radical (unpaired) electrons. The quantitative estimate of drug-likeness (QED) is 0.860. The van der Waals surface area contributed by atoms with Gasteiger partial charge in [0.25, 0.3) is 0 Å². The normalized spacial score (nSPS) is 17.5. The van der Waals surface area contributed by atoms with E-state index in [1.807, 2.05) is 11.8 Å². The molecule has 1 aliphatic rings. The molecule has 5 heteroatoms. The van der Waals surface area contributed by atoms with E-state index < -0.39 is 0 Å². The second kappa shape index (κ2) is 7.14. The molecule has 1 N–H and O–H groups in total. The van der Waals surface area contributed by atoms with E-state index in [2.05, 4.69) is 29.3 Å². The molecular formula is C13H23N3OS. The summed E-state index contributed by atoms with van der Waals surface area (Å²) in [5.74, 6) is 2.42. The lowest BCUT2D eigenvalue weighted by atomic mass is 10.0. The fourth-order valence-corrected chi connectivity index (χ4v) is 3.30. The van der Waals surface area contributed by atoms with Crippen LogP contribution in [0.4, 0.5) is 0 Å². The Morgan fingerprint density at radius 2 is 2.11 bits per heavy atom. The first-order chi connectivity index (χ1) is 8.74. The summed E-state index contributed by atoms with van der Waals surface area (Å²) in [4.78, 5) is 4.41. The van der Waals surface area contributed by atoms with Gasteiger partial charge in [0, 0.05) is 11.3 Å². The lowest BCUT2D eigenvalue weighted by molar-refractivity contribution is 0.358. The number of nitrogens with one attached hydrogen (secondary N) is 1. The zero-order valence-electron chi connectivity index (χ0n) is 11.3. The number of thioether (sulfide) groups is 1. The molecule has 1 saturated carbocycles. The van der Waals surface area contributed by atoms with Crippen molar-refractivity contribution in [1.82, 2.24) is 15.5 Å². The van der Waals surface area contributed by atoms with Crippen LogP contribution in [-0.2, 0) is 12.3 Å². The van der Waals surface area contributed by atoms with E-state index in [0.717, 1.165) is 16.8 Å². The van der Waals surface area contributed by atoms with Gasteiger partial charge in [-0.05, 0) is 12.8 Å². The molecule has 1 aromatic heterocycles. The minimum absolute atomic E-state index is 0.442. The third-order valence-corrected chi connectivity index (χ3v) is 4.54. The third kappa shape index (κ3) is 4.61. The highest BCUT2D eigenvalue weighted by Gasteiger charge is 2.15. The fraction of sp³-hybridized carbons (Fsp3) is 0.846. The van der Waals surface area contributed by atoms with Crippen LogP contribution in [0.15, 0.2) is 4.52 Å². The summed E-state index contributed by atoms with van der Waals surface area (Å²) in [5, 5.41) is 8.11. The van der Waals surface area contributed by atoms with Crippen molar-refractivity contribution in [1.29, 1.82) is 0 Å². The minimum atomic E-state index is 0.442. The van der Waals surface area contributed by atoms with E-state index in [-0.39, 0.29) is 0 Å². The van der Waals surface area contributed by atoms with Crippen molar-refractivity contribution in [2.45, 2.75) is 69.5 Å². The van der Waals surface area contributed by atoms with Gasteiger partial charge in [0.2, 0.25) is 5.89 Å². The molecule has 1 aliphatic carbocycles. The number of aromatic nitrogens is 2. The smallest absolute Gasteiger partial charge is 0.240 e. The Morgan fingerprint density at radius 3 is 2.83 bits per heavy atom. The average Bonchev–Trinajstić information content (AvgIpc) is 2.83. The highest BCUT2D eigenvalue weighted by molar-refractivity contribution is 7.99. The summed E-state index contributed by atoms with van der Waals surface area (Å²) in [5.41, 5.74) is 0. The molecule has 1 aromatic rings. The maximum atomic E-state index is 5.22. The second-order valence-corrected chi connectivity index (χ2v) is 6.50. The van der Waals surface area contributed by atoms with Crippen LogP contribution in [0.2, 0.25) is 0 Å². The van der Waals surface area contributed by atoms with Crippen LogP contribution in [-0.4, -0.2) is 21.4 Å². The number of hydrogen-bond acceptors (Lipinski definition) is 5. The van der Waals surface area contributed by atoms with Crippen molar-refractivity contribution >= 4 is 11.8 Å². The Morgan fingerprint density at radius 1 is 1.33 bits per heavy atom. The maximum absolute atomic E-state index is 5.22. The average molecular weight is 269 g/mol. The van der Waals surface area contributed by atoms with Crippen molar-refractivity contribution in [3.8, 4) is 0 Å². The van der Waals surface area contributed by atoms with Gasteiger partial charge >= 0.3 is 0 Å². The zero-order chi connectivity index (χ0) is 12.8. The molecule has 18 heavy (non-hydrogen) atoms. The molecule has 0 aromatic carbocycles. The predicted octanol–water partition coefficient (Wildman–Crippen LogP) is 3.13. The van der Waals surface area contributed by atoms with Gasteiger partial charge in [0.15, 0.2) is 5.82 Å². The van der Waals surface area contributed by atoms with E-state index in [1.165, 1.54) is 32.1 Å². The van der Waals surface area contributed by atoms with Gasteiger partial charge in [-0.25, -0.2) is 0 Å². The van der Waals surface area contributed by atoms with Crippen LogP contribution < -0.4 is 5.32 Å². The van der Waals surface area contributed by atoms with Gasteiger partial charge in [0.05, 0.1) is 12.3 Å². The largest absolute Gasteiger partial charge is 0.338 e. The highest BCUT2D eigenvalue weighted by atomic mass is 32.2. The van der Waals surface area contributed by atoms with Crippen LogP contribution in [0.25, 0.3) is 0 Å². The Labute approximate surface area is 113 Å². The molecule has 0 aliphatic heterocycles. The van der Waals surface area contributed by atoms with Gasteiger partial charge in [-0.15, -0.1) is 0 Å². The van der Waals surface area contributed by atoms with Gasteiger partial charge in [-0.3, -0.25) is 0 Å². The summed E-state index contributed by atoms with van der Waals surface area (Å²) in [6, 6.07) is 0.442. The first kappa shape index (κ1) is 13.9. The Hall–Kier alpha value is -0.550. The van der Waals surface area contributed by atoms with Gasteiger partial charge in [-0.1, -0.05) is 38.3 Å². The van der Waals surface area contributed by atoms with E-state index in [1.54, 1.807) is 0 Å². The van der Waals surface area contributed by atoms with Crippen LogP contribution in [0.1, 0.15) is 57.7 Å². The van der Waals surface area contributed by atoms with E-state index >= 15 is 0 Å². The first-order valence-corrected chi connectivity index (χ1v) is 7.95. The third-order valence-electron chi connectivity index (χ3n) is 3.17. The number of hydrogen-bond donors (Lipinski definition) is 1. The van der Waals surface area contributed by atoms with Crippen molar-refractivity contribution in [2.75, 3.05) is 0 Å². The van der Waals surface area contributed by atoms with Crippen LogP contribution in [0.3, 0.4) is 0 Å². The first-order valence-electron chi connectivity index (χ1n) is 6.90. The standard InChI is InChI=1S/C13H23N3OS/c1-10(2)14-8-13-15-12(16-17-13)9-18-11-6-4-3-5-7-11/h10-11,14H,3-9H2,1-2H3. The summed E-state index contributed by atoms with van der Waals surface area (Å²) in [6.45, 7) is 4.88. The van der Waals surface area contributed by atoms with Crippen molar-refractivity contribution in [3.05, 3.63) is 11.7 Å². The van der Waals surface area contributed by atoms with Crippen LogP contribution in [0.5, 0.6) is 0 Å². The fourth-order valence-electron chi connectivity index (χ4n) is 2.14. The Bertz CT molecular complexity index is 348. The lowest BCUT2D eigenvalue weighted by Crippen LogP contribution is -2.21. The van der Waals surface area contributed by atoms with Gasteiger partial charge in [0.1, 0.15) is 0 Å². The molecule has 0 amide bonds. The monoisotopic (exact) mass is 269 g/mol. The molecule has 102 valence electrons. The van der Waals surface area contributed by atoms with E-state index in [4.69, 9.17) is 4.52 Å². The molecule has 1 heterocycles. The van der Waals surface area contributed by atoms with Crippen molar-refractivity contribution in [2.24, 2.45) is 0 Å². The molecule has 0 saturated heterocycles. The Balaban J connectivity index is 1.72. The molecule has 0 unspecified atom stereocenters. The summed E-state index contributed by atoms with van der Waals surface area (Å²) in [6.07, 6.45) is 6.87. The molecule has 0 spiro atoms. The van der Waals surface area contributed by atoms with E-state index in [9.17, 15) is 0 Å². The lowest BCUT2D eigenvalue weighted by Gasteiger charge is -2.19. The summed E-state index contributed by atoms with van der Waals surface area (Å²) >= 11 is 1.98. The number of nitrogens with zero attached hydrogens (tertiary/aromatic N) is 2. The maximum Gasteiger partial charge on any atom is 0.240 e. The SMILES string of the molecule is CC(C)NCc1nc(CSC2CCCCC2)no1. The molecule has 1 fully saturated rings. The second-order valence-electron chi connectivity index (χ2n) is 5.21. The molecule has 2 rings (SSSR count). The van der Waals surface area contributed by atoms with Gasteiger partial charge in [-0.2, -0.15) is 16.7 Å². The van der Waals surface area contributed by atoms with Gasteiger partial charge < -0.3 is 9.84 Å². The molecular weight excluding hydrogens is 246 g/mol. The highest BCUT2D eigenvalue weighted by Crippen LogP contribution is 2.29. The van der Waals surface area contributed by atoms with Crippen LogP contribution >= 0.6 is 11.8 Å². The van der Waals surface area contributed by atoms with E-state index in [0.29, 0.717) is 18.5 Å². The van der Waals surface area contributed by atoms with Crippen molar-refractivity contribution in [3.63, 3.8) is 0 Å². The Kier molecular flexibility index (Phi) is 5.50. The minimum Gasteiger partial charge on any atom is -0.338 e. The topological polar surface area (TPSA) is 51.0 Å². The van der Waals surface area contributed by atoms with Crippen LogP contribution in [0, 0.1) is 0 Å². The molecule has 0 atom stereocenters. The summed E-state index contributed by atoms with van der Waals surface area (Å²) in [7, 11) is 0. The molecule has 4 nitrogen and oxygen atoms in total. The summed E-state index contributed by atoms with van der Waals surface area (Å²) < 4.78 is 5.22. The number of rotatable bonds is 6. The van der Waals surface area contributed by atoms with Crippen molar-refractivity contribution < 1.29 is 4.52 Å². The zero-order valence-corrected chi connectivity index (χ0v) is 12.1. The predicted molar refractivity (Wildman–Crippen MR) is 74.4 cm³/mol.